The molecule has 0 radical (unpaired) electrons. The number of hydrogen-bond acceptors (Lipinski definition) is 0. The third-order valence-corrected chi connectivity index (χ3v) is 6.29. The summed E-state index contributed by atoms with van der Waals surface area (Å²) in [7, 11) is 0. The Balaban J connectivity index is 1.53. The van der Waals surface area contributed by atoms with Crippen molar-refractivity contribution in [1.82, 2.24) is 4.57 Å². The molecule has 0 amide bonds. The van der Waals surface area contributed by atoms with E-state index in [0.29, 0.717) is 0 Å². The molecule has 6 rings (SSSR count). The highest BCUT2D eigenvalue weighted by molar-refractivity contribution is 6.10. The van der Waals surface area contributed by atoms with E-state index in [-0.39, 0.29) is 0 Å². The smallest absolute Gasteiger partial charge is 0.0541 e. The Morgan fingerprint density at radius 1 is 0.438 bits per heavy atom. The van der Waals surface area contributed by atoms with Crippen LogP contribution in [0.15, 0.2) is 121 Å². The van der Waals surface area contributed by atoms with Crippen molar-refractivity contribution in [2.75, 3.05) is 0 Å². The predicted molar refractivity (Wildman–Crippen MR) is 136 cm³/mol. The lowest BCUT2D eigenvalue weighted by Crippen LogP contribution is -1.93. The number of hydrogen-bond donors (Lipinski definition) is 0. The minimum atomic E-state index is 1.18. The predicted octanol–water partition coefficient (Wildman–Crippen LogP) is 8.43. The van der Waals surface area contributed by atoms with Crippen LogP contribution in [0, 0.1) is 6.92 Å². The molecule has 0 bridgehead atoms. The molecule has 0 aliphatic heterocycles. The lowest BCUT2D eigenvalue weighted by molar-refractivity contribution is 1.18. The van der Waals surface area contributed by atoms with E-state index in [4.69, 9.17) is 0 Å². The van der Waals surface area contributed by atoms with Crippen LogP contribution in [0.5, 0.6) is 0 Å². The number of fused-ring (bicyclic) bond motifs is 3. The Labute approximate surface area is 188 Å². The Kier molecular flexibility index (Phi) is 4.40. The molecule has 0 saturated carbocycles. The van der Waals surface area contributed by atoms with Gasteiger partial charge in [-0.3, -0.25) is 0 Å². The van der Waals surface area contributed by atoms with Crippen LogP contribution in [-0.2, 0) is 0 Å². The van der Waals surface area contributed by atoms with Crippen molar-refractivity contribution in [2.24, 2.45) is 0 Å². The first-order valence-corrected chi connectivity index (χ1v) is 11.0. The summed E-state index contributed by atoms with van der Waals surface area (Å²) in [5.41, 5.74) is 9.90. The molecule has 0 fully saturated rings. The van der Waals surface area contributed by atoms with Crippen molar-refractivity contribution in [3.05, 3.63) is 127 Å². The molecule has 0 aliphatic carbocycles. The zero-order valence-corrected chi connectivity index (χ0v) is 18.0. The summed E-state index contributed by atoms with van der Waals surface area (Å²) in [6.45, 7) is 2.13. The van der Waals surface area contributed by atoms with Gasteiger partial charge in [-0.1, -0.05) is 96.6 Å². The first-order chi connectivity index (χ1) is 15.8. The zero-order chi connectivity index (χ0) is 21.5. The molecule has 152 valence electrons. The quantitative estimate of drug-likeness (QED) is 0.276. The molecule has 5 aromatic carbocycles. The zero-order valence-electron chi connectivity index (χ0n) is 18.0. The lowest BCUT2D eigenvalue weighted by atomic mass is 10.0. The van der Waals surface area contributed by atoms with E-state index >= 15 is 0 Å². The Morgan fingerprint density at radius 2 is 1.00 bits per heavy atom. The standard InChI is InChI=1S/C31H23N/c1-22-11-13-25(14-12-22)26-17-20-31-29(21-26)28-9-5-6-10-30(28)32(31)27-18-15-24(16-19-27)23-7-3-2-4-8-23/h2-21H,1H3. The fraction of sp³-hybridized carbons (Fsp3) is 0.0323. The average Bonchev–Trinajstić information content (AvgIpc) is 3.19. The summed E-state index contributed by atoms with van der Waals surface area (Å²) >= 11 is 0. The van der Waals surface area contributed by atoms with Crippen LogP contribution in [0.3, 0.4) is 0 Å². The van der Waals surface area contributed by atoms with Crippen molar-refractivity contribution < 1.29 is 0 Å². The summed E-state index contributed by atoms with van der Waals surface area (Å²) in [5, 5.41) is 2.56. The van der Waals surface area contributed by atoms with Gasteiger partial charge in [-0.25, -0.2) is 0 Å². The van der Waals surface area contributed by atoms with Crippen LogP contribution >= 0.6 is 0 Å². The van der Waals surface area contributed by atoms with Gasteiger partial charge in [0.1, 0.15) is 0 Å². The number of aryl methyl sites for hydroxylation is 1. The van der Waals surface area contributed by atoms with E-state index in [0.717, 1.165) is 0 Å². The summed E-state index contributed by atoms with van der Waals surface area (Å²) < 4.78 is 2.37. The maximum atomic E-state index is 2.37. The van der Waals surface area contributed by atoms with Gasteiger partial charge in [0.15, 0.2) is 0 Å². The minimum absolute atomic E-state index is 1.18. The van der Waals surface area contributed by atoms with E-state index in [1.54, 1.807) is 0 Å². The molecular weight excluding hydrogens is 386 g/mol. The molecule has 1 nitrogen and oxygen atoms in total. The van der Waals surface area contributed by atoms with Gasteiger partial charge in [-0.05, 0) is 59.5 Å². The first-order valence-electron chi connectivity index (χ1n) is 11.0. The normalized spacial score (nSPS) is 11.3. The van der Waals surface area contributed by atoms with Gasteiger partial charge in [-0.2, -0.15) is 0 Å². The molecule has 0 saturated heterocycles. The maximum absolute atomic E-state index is 2.37. The fourth-order valence-electron chi connectivity index (χ4n) is 4.61. The van der Waals surface area contributed by atoms with Crippen LogP contribution in [0.4, 0.5) is 0 Å². The van der Waals surface area contributed by atoms with Gasteiger partial charge < -0.3 is 4.57 Å². The number of benzene rings is 5. The second kappa shape index (κ2) is 7.55. The summed E-state index contributed by atoms with van der Waals surface area (Å²) in [6, 6.07) is 43.7. The Morgan fingerprint density at radius 3 is 1.78 bits per heavy atom. The van der Waals surface area contributed by atoms with E-state index in [1.807, 2.05) is 0 Å². The molecule has 0 N–H and O–H groups in total. The van der Waals surface area contributed by atoms with Crippen LogP contribution in [-0.4, -0.2) is 4.57 Å². The van der Waals surface area contributed by atoms with Crippen molar-refractivity contribution in [2.45, 2.75) is 6.92 Å². The first kappa shape index (κ1) is 18.7. The molecule has 1 heterocycles. The largest absolute Gasteiger partial charge is 0.309 e. The van der Waals surface area contributed by atoms with Crippen LogP contribution in [0.25, 0.3) is 49.7 Å². The molecule has 6 aromatic rings. The van der Waals surface area contributed by atoms with Crippen molar-refractivity contribution >= 4 is 21.8 Å². The highest BCUT2D eigenvalue weighted by atomic mass is 15.0. The summed E-state index contributed by atoms with van der Waals surface area (Å²) in [6.07, 6.45) is 0. The number of rotatable bonds is 3. The lowest BCUT2D eigenvalue weighted by Gasteiger charge is -2.10. The second-order valence-corrected chi connectivity index (χ2v) is 8.36. The van der Waals surface area contributed by atoms with Crippen molar-refractivity contribution in [1.29, 1.82) is 0 Å². The fourth-order valence-corrected chi connectivity index (χ4v) is 4.61. The molecule has 0 unspecified atom stereocenters. The van der Waals surface area contributed by atoms with Crippen LogP contribution in [0.1, 0.15) is 5.56 Å². The molecule has 1 heteroatoms. The van der Waals surface area contributed by atoms with Gasteiger partial charge >= 0.3 is 0 Å². The summed E-state index contributed by atoms with van der Waals surface area (Å²) in [4.78, 5) is 0. The highest BCUT2D eigenvalue weighted by Gasteiger charge is 2.13. The second-order valence-electron chi connectivity index (χ2n) is 8.36. The SMILES string of the molecule is Cc1ccc(-c2ccc3c(c2)c2ccccc2n3-c2ccc(-c3ccccc3)cc2)cc1. The monoisotopic (exact) mass is 409 g/mol. The molecule has 0 aliphatic rings. The minimum Gasteiger partial charge on any atom is -0.309 e. The van der Waals surface area contributed by atoms with Gasteiger partial charge in [0.25, 0.3) is 0 Å². The molecular formula is C31H23N. The van der Waals surface area contributed by atoms with E-state index in [2.05, 4.69) is 133 Å². The third-order valence-electron chi connectivity index (χ3n) is 6.29. The van der Waals surface area contributed by atoms with E-state index < -0.39 is 0 Å². The van der Waals surface area contributed by atoms with Crippen LogP contribution < -0.4 is 0 Å². The van der Waals surface area contributed by atoms with Gasteiger partial charge in [-0.15, -0.1) is 0 Å². The van der Waals surface area contributed by atoms with Gasteiger partial charge in [0.2, 0.25) is 0 Å². The van der Waals surface area contributed by atoms with Crippen LogP contribution in [0.2, 0.25) is 0 Å². The summed E-state index contributed by atoms with van der Waals surface area (Å²) in [5.74, 6) is 0. The molecule has 0 spiro atoms. The number of para-hydroxylation sites is 1. The average molecular weight is 410 g/mol. The topological polar surface area (TPSA) is 4.93 Å². The van der Waals surface area contributed by atoms with Crippen molar-refractivity contribution in [3.63, 3.8) is 0 Å². The third kappa shape index (κ3) is 3.11. The Bertz CT molecular complexity index is 1540. The molecule has 1 aromatic heterocycles. The van der Waals surface area contributed by atoms with E-state index in [1.165, 1.54) is 55.3 Å². The van der Waals surface area contributed by atoms with E-state index in [9.17, 15) is 0 Å². The molecule has 0 atom stereocenters. The number of aromatic nitrogens is 1. The van der Waals surface area contributed by atoms with Crippen molar-refractivity contribution in [3.8, 4) is 27.9 Å². The maximum Gasteiger partial charge on any atom is 0.0541 e. The van der Waals surface area contributed by atoms with Gasteiger partial charge in [0.05, 0.1) is 11.0 Å². The van der Waals surface area contributed by atoms with Gasteiger partial charge in [0, 0.05) is 16.5 Å². The number of nitrogens with zero attached hydrogens (tertiary/aromatic N) is 1. The Hall–Kier alpha value is -4.10. The highest BCUT2D eigenvalue weighted by Crippen LogP contribution is 2.35. The molecule has 32 heavy (non-hydrogen) atoms.